The van der Waals surface area contributed by atoms with Gasteiger partial charge in [0.2, 0.25) is 0 Å². The molecule has 18 heavy (non-hydrogen) atoms. The van der Waals surface area contributed by atoms with Crippen LogP contribution in [-0.2, 0) is 13.5 Å². The third-order valence-electron chi connectivity index (χ3n) is 3.03. The lowest BCUT2D eigenvalue weighted by Crippen LogP contribution is -2.17. The molecule has 3 nitrogen and oxygen atoms in total. The average Bonchev–Trinajstić information content (AvgIpc) is 2.56. The molecule has 0 fully saturated rings. The molecule has 0 aliphatic rings. The van der Waals surface area contributed by atoms with Crippen LogP contribution in [0.3, 0.4) is 0 Å². The van der Waals surface area contributed by atoms with E-state index in [1.54, 1.807) is 6.20 Å². The average molecular weight is 308 g/mol. The van der Waals surface area contributed by atoms with Crippen molar-refractivity contribution >= 4 is 15.9 Å². The molecule has 2 rings (SSSR count). The molecule has 1 unspecified atom stereocenters. The van der Waals surface area contributed by atoms with Crippen molar-refractivity contribution < 1.29 is 0 Å². The molecule has 2 N–H and O–H groups in total. The Hall–Kier alpha value is -1.13. The number of aryl methyl sites for hydroxylation is 3. The second-order valence-corrected chi connectivity index (χ2v) is 5.66. The summed E-state index contributed by atoms with van der Waals surface area (Å²) >= 11 is 3.50. The smallest absolute Gasteiger partial charge is 0.0693 e. The van der Waals surface area contributed by atoms with E-state index >= 15 is 0 Å². The highest BCUT2D eigenvalue weighted by molar-refractivity contribution is 9.10. The van der Waals surface area contributed by atoms with E-state index in [1.165, 1.54) is 16.7 Å². The first-order chi connectivity index (χ1) is 8.47. The summed E-state index contributed by atoms with van der Waals surface area (Å²) in [4.78, 5) is 0. The molecule has 0 spiro atoms. The van der Waals surface area contributed by atoms with Gasteiger partial charge in [0.25, 0.3) is 0 Å². The third kappa shape index (κ3) is 2.82. The maximum atomic E-state index is 6.28. The molecule has 0 aliphatic carbocycles. The predicted octanol–water partition coefficient (Wildman–Crippen LogP) is 3.04. The van der Waals surface area contributed by atoms with Crippen molar-refractivity contribution in [2.75, 3.05) is 0 Å². The van der Waals surface area contributed by atoms with Gasteiger partial charge in [-0.3, -0.25) is 4.68 Å². The minimum absolute atomic E-state index is 0.0481. The lowest BCUT2D eigenvalue weighted by Gasteiger charge is -2.14. The van der Waals surface area contributed by atoms with E-state index in [0.717, 1.165) is 16.6 Å². The quantitative estimate of drug-likeness (QED) is 0.947. The molecule has 1 aromatic heterocycles. The van der Waals surface area contributed by atoms with E-state index in [4.69, 9.17) is 5.73 Å². The lowest BCUT2D eigenvalue weighted by atomic mass is 10.00. The van der Waals surface area contributed by atoms with E-state index in [2.05, 4.69) is 53.1 Å². The summed E-state index contributed by atoms with van der Waals surface area (Å²) in [5.41, 5.74) is 11.1. The standard InChI is InChI=1S/C14H18BrN3/c1-9-4-10(2)6-11(5-9)7-13(16)14-12(15)8-17-18(14)3/h4-6,8,13H,7,16H2,1-3H3. The second-order valence-electron chi connectivity index (χ2n) is 4.81. The van der Waals surface area contributed by atoms with Crippen LogP contribution < -0.4 is 5.73 Å². The minimum Gasteiger partial charge on any atom is -0.322 e. The Morgan fingerprint density at radius 3 is 2.39 bits per heavy atom. The molecule has 0 radical (unpaired) electrons. The highest BCUT2D eigenvalue weighted by Crippen LogP contribution is 2.24. The SMILES string of the molecule is Cc1cc(C)cc(CC(N)c2c(Br)cnn2C)c1. The largest absolute Gasteiger partial charge is 0.322 e. The summed E-state index contributed by atoms with van der Waals surface area (Å²) in [6.45, 7) is 4.23. The fraction of sp³-hybridized carbons (Fsp3) is 0.357. The van der Waals surface area contributed by atoms with Crippen molar-refractivity contribution in [3.8, 4) is 0 Å². The zero-order valence-corrected chi connectivity index (χ0v) is 12.5. The zero-order chi connectivity index (χ0) is 13.3. The van der Waals surface area contributed by atoms with Gasteiger partial charge in [-0.05, 0) is 41.8 Å². The van der Waals surface area contributed by atoms with E-state index in [1.807, 2.05) is 11.7 Å². The normalized spacial score (nSPS) is 12.7. The first-order valence-electron chi connectivity index (χ1n) is 5.97. The molecule has 1 heterocycles. The number of rotatable bonds is 3. The summed E-state index contributed by atoms with van der Waals surface area (Å²) in [7, 11) is 1.92. The first kappa shape index (κ1) is 13.3. The monoisotopic (exact) mass is 307 g/mol. The van der Waals surface area contributed by atoms with Crippen LogP contribution in [0.2, 0.25) is 0 Å². The topological polar surface area (TPSA) is 43.8 Å². The van der Waals surface area contributed by atoms with Crippen LogP contribution in [0.25, 0.3) is 0 Å². The van der Waals surface area contributed by atoms with Crippen molar-refractivity contribution in [3.05, 3.63) is 51.3 Å². The number of hydrogen-bond donors (Lipinski definition) is 1. The number of hydrogen-bond acceptors (Lipinski definition) is 2. The summed E-state index contributed by atoms with van der Waals surface area (Å²) in [6.07, 6.45) is 2.61. The van der Waals surface area contributed by atoms with Gasteiger partial charge in [0, 0.05) is 7.05 Å². The molecule has 2 aromatic rings. The summed E-state index contributed by atoms with van der Waals surface area (Å²) < 4.78 is 2.80. The van der Waals surface area contributed by atoms with Gasteiger partial charge >= 0.3 is 0 Å². The van der Waals surface area contributed by atoms with E-state index in [0.29, 0.717) is 0 Å². The predicted molar refractivity (Wildman–Crippen MR) is 77.5 cm³/mol. The van der Waals surface area contributed by atoms with Gasteiger partial charge in [-0.2, -0.15) is 5.10 Å². The number of benzene rings is 1. The van der Waals surface area contributed by atoms with Gasteiger partial charge < -0.3 is 5.73 Å². The Kier molecular flexibility index (Phi) is 3.88. The van der Waals surface area contributed by atoms with Crippen LogP contribution in [-0.4, -0.2) is 9.78 Å². The van der Waals surface area contributed by atoms with Crippen LogP contribution in [0.4, 0.5) is 0 Å². The van der Waals surface area contributed by atoms with Gasteiger partial charge in [-0.15, -0.1) is 0 Å². The van der Waals surface area contributed by atoms with Crippen LogP contribution in [0.15, 0.2) is 28.9 Å². The van der Waals surface area contributed by atoms with Crippen molar-refractivity contribution in [1.29, 1.82) is 0 Å². The molecule has 0 bridgehead atoms. The highest BCUT2D eigenvalue weighted by atomic mass is 79.9. The van der Waals surface area contributed by atoms with E-state index in [-0.39, 0.29) is 6.04 Å². The molecule has 0 saturated carbocycles. The van der Waals surface area contributed by atoms with Crippen LogP contribution in [0, 0.1) is 13.8 Å². The van der Waals surface area contributed by atoms with Crippen LogP contribution in [0.5, 0.6) is 0 Å². The summed E-state index contributed by atoms with van der Waals surface area (Å²) in [6, 6.07) is 6.51. The molecule has 4 heteroatoms. The molecule has 0 amide bonds. The fourth-order valence-electron chi connectivity index (χ4n) is 2.37. The van der Waals surface area contributed by atoms with Gasteiger partial charge in [0.05, 0.1) is 22.4 Å². The molecular weight excluding hydrogens is 290 g/mol. The van der Waals surface area contributed by atoms with Crippen molar-refractivity contribution in [3.63, 3.8) is 0 Å². The Morgan fingerprint density at radius 1 is 1.28 bits per heavy atom. The van der Waals surface area contributed by atoms with Gasteiger partial charge in [-0.25, -0.2) is 0 Å². The van der Waals surface area contributed by atoms with Gasteiger partial charge in [-0.1, -0.05) is 29.3 Å². The Morgan fingerprint density at radius 2 is 1.89 bits per heavy atom. The minimum atomic E-state index is -0.0481. The molecule has 0 aliphatic heterocycles. The molecule has 1 aromatic carbocycles. The molecule has 1 atom stereocenters. The summed E-state index contributed by atoms with van der Waals surface area (Å²) in [5.74, 6) is 0. The highest BCUT2D eigenvalue weighted by Gasteiger charge is 2.15. The lowest BCUT2D eigenvalue weighted by molar-refractivity contribution is 0.614. The Bertz CT molecular complexity index is 520. The number of nitrogens with zero attached hydrogens (tertiary/aromatic N) is 2. The Balaban J connectivity index is 2.24. The maximum Gasteiger partial charge on any atom is 0.0693 e. The van der Waals surface area contributed by atoms with Gasteiger partial charge in [0.15, 0.2) is 0 Å². The maximum absolute atomic E-state index is 6.28. The van der Waals surface area contributed by atoms with Crippen LogP contribution >= 0.6 is 15.9 Å². The number of nitrogens with two attached hydrogens (primary N) is 1. The Labute approximate surface area is 116 Å². The first-order valence-corrected chi connectivity index (χ1v) is 6.77. The van der Waals surface area contributed by atoms with Crippen molar-refractivity contribution in [2.45, 2.75) is 26.3 Å². The summed E-state index contributed by atoms with van der Waals surface area (Å²) in [5, 5.41) is 4.20. The van der Waals surface area contributed by atoms with Crippen LogP contribution in [0.1, 0.15) is 28.4 Å². The van der Waals surface area contributed by atoms with Crippen molar-refractivity contribution in [1.82, 2.24) is 9.78 Å². The molecule has 0 saturated heterocycles. The van der Waals surface area contributed by atoms with E-state index in [9.17, 15) is 0 Å². The zero-order valence-electron chi connectivity index (χ0n) is 10.9. The fourth-order valence-corrected chi connectivity index (χ4v) is 3.02. The number of aromatic nitrogens is 2. The molecular formula is C14H18BrN3. The second kappa shape index (κ2) is 5.24. The van der Waals surface area contributed by atoms with Gasteiger partial charge in [0.1, 0.15) is 0 Å². The molecule has 96 valence electrons. The number of halogens is 1. The third-order valence-corrected chi connectivity index (χ3v) is 3.64. The van der Waals surface area contributed by atoms with Crippen molar-refractivity contribution in [2.24, 2.45) is 12.8 Å². The van der Waals surface area contributed by atoms with E-state index < -0.39 is 0 Å².